The molecule has 0 unspecified atom stereocenters. The Morgan fingerprint density at radius 3 is 2.79 bits per heavy atom. The molecule has 0 saturated carbocycles. The van der Waals surface area contributed by atoms with Crippen LogP contribution in [0.25, 0.3) is 11.3 Å². The molecule has 0 bridgehead atoms. The van der Waals surface area contributed by atoms with Crippen molar-refractivity contribution in [3.8, 4) is 22.8 Å². The second kappa shape index (κ2) is 10.1. The molecule has 2 aromatic heterocycles. The van der Waals surface area contributed by atoms with Gasteiger partial charge in [0, 0.05) is 29.7 Å². The molecule has 1 amide bonds. The van der Waals surface area contributed by atoms with Gasteiger partial charge in [0.25, 0.3) is 0 Å². The molecule has 4 aromatic rings. The number of carbonyl (C=O) groups excluding carboxylic acids is 1. The maximum atomic E-state index is 12.4. The topological polar surface area (TPSA) is 103 Å². The first-order chi connectivity index (χ1) is 16.7. The number of thiazole rings is 1. The minimum Gasteiger partial charge on any atom is -0.486 e. The molecule has 0 saturated heterocycles. The van der Waals surface area contributed by atoms with Crippen LogP contribution in [0.1, 0.15) is 5.82 Å². The summed E-state index contributed by atoms with van der Waals surface area (Å²) in [6, 6.07) is 15.4. The monoisotopic (exact) mass is 494 g/mol. The second-order valence-electron chi connectivity index (χ2n) is 7.41. The second-order valence-corrected chi connectivity index (χ2v) is 9.21. The van der Waals surface area contributed by atoms with Gasteiger partial charge in [0.1, 0.15) is 13.2 Å². The van der Waals surface area contributed by atoms with Crippen LogP contribution < -0.4 is 20.1 Å². The van der Waals surface area contributed by atoms with Crippen LogP contribution in [0, 0.1) is 0 Å². The number of aromatic nitrogens is 4. The fourth-order valence-corrected chi connectivity index (χ4v) is 4.77. The lowest BCUT2D eigenvalue weighted by atomic mass is 10.2. The van der Waals surface area contributed by atoms with E-state index < -0.39 is 0 Å². The number of benzene rings is 2. The summed E-state index contributed by atoms with van der Waals surface area (Å²) in [7, 11) is 1.88. The summed E-state index contributed by atoms with van der Waals surface area (Å²) >= 11 is 2.87. The standard InChI is InChI=1S/C23H22N6O3S2/c1-29-20(12-24-22-26-17(13-33-22)15-5-3-2-4-6-15)27-28-23(29)34-14-21(30)25-16-7-8-18-19(11-16)32-10-9-31-18/h2-8,11,13H,9-10,12,14H2,1H3,(H,24,26)(H,25,30). The summed E-state index contributed by atoms with van der Waals surface area (Å²) in [4.78, 5) is 17.1. The predicted molar refractivity (Wildman–Crippen MR) is 133 cm³/mol. The van der Waals surface area contributed by atoms with Crippen LogP contribution in [0.5, 0.6) is 11.5 Å². The molecule has 1 aliphatic heterocycles. The van der Waals surface area contributed by atoms with Crippen molar-refractivity contribution in [2.24, 2.45) is 7.05 Å². The molecule has 174 valence electrons. The van der Waals surface area contributed by atoms with E-state index in [9.17, 15) is 4.79 Å². The minimum absolute atomic E-state index is 0.138. The number of hydrogen-bond donors (Lipinski definition) is 2. The summed E-state index contributed by atoms with van der Waals surface area (Å²) in [6.45, 7) is 1.51. The van der Waals surface area contributed by atoms with Crippen LogP contribution in [-0.4, -0.2) is 44.6 Å². The predicted octanol–water partition coefficient (Wildman–Crippen LogP) is 4.05. The van der Waals surface area contributed by atoms with Crippen LogP contribution in [0.4, 0.5) is 10.8 Å². The van der Waals surface area contributed by atoms with E-state index >= 15 is 0 Å². The van der Waals surface area contributed by atoms with Gasteiger partial charge in [-0.25, -0.2) is 4.98 Å². The van der Waals surface area contributed by atoms with Gasteiger partial charge in [0.2, 0.25) is 5.91 Å². The molecule has 9 nitrogen and oxygen atoms in total. The lowest BCUT2D eigenvalue weighted by Gasteiger charge is -2.18. The number of nitrogens with zero attached hydrogens (tertiary/aromatic N) is 4. The molecule has 34 heavy (non-hydrogen) atoms. The lowest BCUT2D eigenvalue weighted by Crippen LogP contribution is -2.17. The number of fused-ring (bicyclic) bond motifs is 1. The number of amides is 1. The van der Waals surface area contributed by atoms with Crippen LogP contribution in [0.15, 0.2) is 59.1 Å². The zero-order valence-electron chi connectivity index (χ0n) is 18.4. The van der Waals surface area contributed by atoms with E-state index in [-0.39, 0.29) is 11.7 Å². The first-order valence-electron chi connectivity index (χ1n) is 10.6. The molecule has 0 fully saturated rings. The number of carbonyl (C=O) groups is 1. The molecule has 2 N–H and O–H groups in total. The zero-order chi connectivity index (χ0) is 23.3. The Morgan fingerprint density at radius 1 is 1.12 bits per heavy atom. The first-order valence-corrected chi connectivity index (χ1v) is 12.5. The molecule has 0 spiro atoms. The number of anilines is 2. The van der Waals surface area contributed by atoms with Crippen LogP contribution in [-0.2, 0) is 18.4 Å². The van der Waals surface area contributed by atoms with E-state index in [4.69, 9.17) is 9.47 Å². The summed E-state index contributed by atoms with van der Waals surface area (Å²) < 4.78 is 12.9. The molecule has 5 rings (SSSR count). The highest BCUT2D eigenvalue weighted by atomic mass is 32.2. The third-order valence-electron chi connectivity index (χ3n) is 5.05. The SMILES string of the molecule is Cn1c(CNc2nc(-c3ccccc3)cs2)nnc1SCC(=O)Nc1ccc2c(c1)OCCO2. The van der Waals surface area contributed by atoms with Gasteiger partial charge in [-0.1, -0.05) is 42.1 Å². The van der Waals surface area contributed by atoms with Crippen molar-refractivity contribution in [1.29, 1.82) is 0 Å². The summed E-state index contributed by atoms with van der Waals surface area (Å²) in [5, 5.41) is 18.2. The molecular weight excluding hydrogens is 472 g/mol. The Kier molecular flexibility index (Phi) is 6.63. The van der Waals surface area contributed by atoms with Gasteiger partial charge < -0.3 is 24.7 Å². The molecule has 1 aliphatic rings. The average Bonchev–Trinajstić information content (AvgIpc) is 3.48. The Hall–Kier alpha value is -3.57. The zero-order valence-corrected chi connectivity index (χ0v) is 20.0. The van der Waals surface area contributed by atoms with Crippen LogP contribution in [0.2, 0.25) is 0 Å². The maximum absolute atomic E-state index is 12.4. The highest BCUT2D eigenvalue weighted by Gasteiger charge is 2.15. The van der Waals surface area contributed by atoms with Crippen molar-refractivity contribution < 1.29 is 14.3 Å². The lowest BCUT2D eigenvalue weighted by molar-refractivity contribution is -0.113. The summed E-state index contributed by atoms with van der Waals surface area (Å²) in [5.74, 6) is 2.15. The fraction of sp³-hybridized carbons (Fsp3) is 0.217. The van der Waals surface area contributed by atoms with Crippen molar-refractivity contribution in [1.82, 2.24) is 19.7 Å². The van der Waals surface area contributed by atoms with E-state index in [0.717, 1.165) is 22.2 Å². The highest BCUT2D eigenvalue weighted by Crippen LogP contribution is 2.32. The van der Waals surface area contributed by atoms with E-state index in [1.165, 1.54) is 11.8 Å². The number of rotatable bonds is 8. The van der Waals surface area contributed by atoms with Crippen molar-refractivity contribution >= 4 is 39.8 Å². The van der Waals surface area contributed by atoms with Crippen molar-refractivity contribution in [2.75, 3.05) is 29.6 Å². The van der Waals surface area contributed by atoms with Gasteiger partial charge in [-0.2, -0.15) is 0 Å². The van der Waals surface area contributed by atoms with Gasteiger partial charge in [-0.05, 0) is 12.1 Å². The number of thioether (sulfide) groups is 1. The van der Waals surface area contributed by atoms with Crippen molar-refractivity contribution in [2.45, 2.75) is 11.7 Å². The first kappa shape index (κ1) is 22.2. The fourth-order valence-electron chi connectivity index (χ4n) is 3.32. The minimum atomic E-state index is -0.138. The van der Waals surface area contributed by atoms with Gasteiger partial charge in [0.05, 0.1) is 18.0 Å². The highest BCUT2D eigenvalue weighted by molar-refractivity contribution is 7.99. The maximum Gasteiger partial charge on any atom is 0.234 e. The Morgan fingerprint density at radius 2 is 1.94 bits per heavy atom. The van der Waals surface area contributed by atoms with Gasteiger partial charge in [0.15, 0.2) is 27.6 Å². The molecule has 3 heterocycles. The average molecular weight is 495 g/mol. The van der Waals surface area contributed by atoms with E-state index in [1.54, 1.807) is 29.5 Å². The molecule has 11 heteroatoms. The number of hydrogen-bond acceptors (Lipinski definition) is 9. The Bertz CT molecular complexity index is 1290. The smallest absolute Gasteiger partial charge is 0.234 e. The van der Waals surface area contributed by atoms with Crippen molar-refractivity contribution in [3.05, 3.63) is 59.7 Å². The van der Waals surface area contributed by atoms with Gasteiger partial charge in [-0.15, -0.1) is 21.5 Å². The third kappa shape index (κ3) is 5.15. The number of ether oxygens (including phenoxy) is 2. The van der Waals surface area contributed by atoms with E-state index in [1.807, 2.05) is 47.3 Å². The van der Waals surface area contributed by atoms with Crippen molar-refractivity contribution in [3.63, 3.8) is 0 Å². The van der Waals surface area contributed by atoms with E-state index in [2.05, 4.69) is 25.8 Å². The quantitative estimate of drug-likeness (QED) is 0.354. The largest absolute Gasteiger partial charge is 0.486 e. The molecule has 0 radical (unpaired) electrons. The van der Waals surface area contributed by atoms with Gasteiger partial charge >= 0.3 is 0 Å². The third-order valence-corrected chi connectivity index (χ3v) is 6.88. The number of nitrogens with one attached hydrogen (secondary N) is 2. The van der Waals surface area contributed by atoms with Crippen LogP contribution >= 0.6 is 23.1 Å². The Balaban J connectivity index is 1.13. The summed E-state index contributed by atoms with van der Waals surface area (Å²) in [5.41, 5.74) is 2.68. The van der Waals surface area contributed by atoms with E-state index in [0.29, 0.717) is 42.1 Å². The van der Waals surface area contributed by atoms with Crippen LogP contribution in [0.3, 0.4) is 0 Å². The molecule has 0 atom stereocenters. The summed E-state index contributed by atoms with van der Waals surface area (Å²) in [6.07, 6.45) is 0. The molecule has 2 aromatic carbocycles. The normalized spacial score (nSPS) is 12.4. The molecular formula is C23H22N6O3S2. The van der Waals surface area contributed by atoms with Gasteiger partial charge in [-0.3, -0.25) is 4.79 Å². The molecule has 0 aliphatic carbocycles. The Labute approximate surface area is 204 Å².